The molecule has 0 radical (unpaired) electrons. The van der Waals surface area contributed by atoms with Gasteiger partial charge in [0.05, 0.1) is 0 Å². The van der Waals surface area contributed by atoms with E-state index in [1.54, 1.807) is 0 Å². The maximum atomic E-state index is 13.1. The van der Waals surface area contributed by atoms with Crippen LogP contribution in [0.3, 0.4) is 0 Å². The Morgan fingerprint density at radius 3 is 2.44 bits per heavy atom. The first-order chi connectivity index (χ1) is 8.21. The number of halogens is 5. The van der Waals surface area contributed by atoms with Gasteiger partial charge in [-0.1, -0.05) is 0 Å². The van der Waals surface area contributed by atoms with E-state index in [1.807, 2.05) is 0 Å². The second kappa shape index (κ2) is 5.19. The minimum Gasteiger partial charge on any atom is -0.489 e. The van der Waals surface area contributed by atoms with Crippen LogP contribution in [0.25, 0.3) is 0 Å². The van der Waals surface area contributed by atoms with Crippen molar-refractivity contribution in [3.05, 3.63) is 29.8 Å². The number of amidine groups is 1. The molecule has 100 valence electrons. The number of nitrogens with one attached hydrogen (secondary N) is 1. The highest BCUT2D eigenvalue weighted by Gasteiger charge is 2.42. The van der Waals surface area contributed by atoms with Gasteiger partial charge in [-0.3, -0.25) is 5.41 Å². The minimum absolute atomic E-state index is 0.614. The predicted octanol–water partition coefficient (Wildman–Crippen LogP) is 2.46. The molecule has 3 nitrogen and oxygen atoms in total. The van der Waals surface area contributed by atoms with Crippen molar-refractivity contribution in [1.82, 2.24) is 0 Å². The molecule has 1 unspecified atom stereocenters. The summed E-state index contributed by atoms with van der Waals surface area (Å²) in [4.78, 5) is 0. The largest absolute Gasteiger partial charge is 0.489 e. The highest BCUT2D eigenvalue weighted by atomic mass is 19.4. The molecule has 1 aromatic carbocycles. The Kier molecular flexibility index (Phi) is 4.10. The van der Waals surface area contributed by atoms with Crippen LogP contribution in [0.1, 0.15) is 0 Å². The van der Waals surface area contributed by atoms with Gasteiger partial charge in [0.15, 0.2) is 11.6 Å². The van der Waals surface area contributed by atoms with Crippen molar-refractivity contribution >= 4 is 5.84 Å². The zero-order chi connectivity index (χ0) is 13.9. The summed E-state index contributed by atoms with van der Waals surface area (Å²) in [5.41, 5.74) is 4.77. The lowest BCUT2D eigenvalue weighted by Gasteiger charge is -2.19. The monoisotopic (exact) mass is 268 g/mol. The molecule has 8 heteroatoms. The van der Waals surface area contributed by atoms with Gasteiger partial charge in [0.2, 0.25) is 0 Å². The Labute approximate surface area is 98.9 Å². The van der Waals surface area contributed by atoms with Crippen LogP contribution in [0.4, 0.5) is 22.0 Å². The highest BCUT2D eigenvalue weighted by molar-refractivity contribution is 5.80. The smallest absolute Gasteiger partial charge is 0.401 e. The maximum absolute atomic E-state index is 13.1. The molecule has 0 aromatic heterocycles. The second-order valence-electron chi connectivity index (χ2n) is 3.44. The third kappa shape index (κ3) is 3.57. The lowest BCUT2D eigenvalue weighted by Crippen LogP contribution is -2.39. The summed E-state index contributed by atoms with van der Waals surface area (Å²) in [5, 5.41) is 6.78. The molecule has 0 saturated heterocycles. The van der Waals surface area contributed by atoms with Crippen LogP contribution in [-0.2, 0) is 0 Å². The summed E-state index contributed by atoms with van der Waals surface area (Å²) in [6.07, 6.45) is -4.78. The average Bonchev–Trinajstić information content (AvgIpc) is 2.20. The van der Waals surface area contributed by atoms with Crippen LogP contribution in [0.15, 0.2) is 18.2 Å². The van der Waals surface area contributed by atoms with E-state index in [9.17, 15) is 22.0 Å². The molecule has 0 fully saturated rings. The number of rotatable bonds is 4. The van der Waals surface area contributed by atoms with Crippen molar-refractivity contribution in [2.45, 2.75) is 6.18 Å². The normalized spacial score (nSPS) is 13.2. The molecule has 3 N–H and O–H groups in total. The number of benzene rings is 1. The van der Waals surface area contributed by atoms with Crippen molar-refractivity contribution in [2.24, 2.45) is 11.7 Å². The summed E-state index contributed by atoms with van der Waals surface area (Å²) < 4.78 is 67.5. The lowest BCUT2D eigenvalue weighted by molar-refractivity contribution is -0.162. The fraction of sp³-hybridized carbons (Fsp3) is 0.300. The number of alkyl halides is 3. The fourth-order valence-corrected chi connectivity index (χ4v) is 1.12. The lowest BCUT2D eigenvalue weighted by atomic mass is 10.1. The molecule has 0 heterocycles. The fourth-order valence-electron chi connectivity index (χ4n) is 1.12. The standard InChI is InChI=1S/C10H9F5N2O/c11-5-1-2-7(12)8(3-5)18-4-6(9(16)17)10(13,14)15/h1-3,6H,4H2,(H3,16,17). The second-order valence-corrected chi connectivity index (χ2v) is 3.44. The molecule has 0 aliphatic carbocycles. The van der Waals surface area contributed by atoms with E-state index in [2.05, 4.69) is 4.74 Å². The first-order valence-corrected chi connectivity index (χ1v) is 4.70. The van der Waals surface area contributed by atoms with Crippen molar-refractivity contribution in [2.75, 3.05) is 6.61 Å². The van der Waals surface area contributed by atoms with E-state index in [-0.39, 0.29) is 0 Å². The van der Waals surface area contributed by atoms with Gasteiger partial charge in [-0.15, -0.1) is 0 Å². The number of hydrogen-bond donors (Lipinski definition) is 2. The van der Waals surface area contributed by atoms with Gasteiger partial charge in [0.25, 0.3) is 0 Å². The van der Waals surface area contributed by atoms with Gasteiger partial charge in [-0.05, 0) is 12.1 Å². The number of ether oxygens (including phenoxy) is 1. The summed E-state index contributed by atoms with van der Waals surface area (Å²) in [5.74, 6) is -6.02. The Balaban J connectivity index is 2.79. The van der Waals surface area contributed by atoms with E-state index in [0.29, 0.717) is 6.07 Å². The molecule has 1 atom stereocenters. The van der Waals surface area contributed by atoms with Gasteiger partial charge in [0, 0.05) is 6.07 Å². The van der Waals surface area contributed by atoms with E-state index in [0.717, 1.165) is 12.1 Å². The Morgan fingerprint density at radius 2 is 1.94 bits per heavy atom. The highest BCUT2D eigenvalue weighted by Crippen LogP contribution is 2.27. The minimum atomic E-state index is -4.78. The third-order valence-electron chi connectivity index (χ3n) is 2.07. The van der Waals surface area contributed by atoms with E-state index in [1.165, 1.54) is 0 Å². The van der Waals surface area contributed by atoms with E-state index < -0.39 is 41.9 Å². The van der Waals surface area contributed by atoms with Gasteiger partial charge in [-0.2, -0.15) is 13.2 Å². The molecular weight excluding hydrogens is 259 g/mol. The van der Waals surface area contributed by atoms with Gasteiger partial charge in [-0.25, -0.2) is 8.78 Å². The zero-order valence-electron chi connectivity index (χ0n) is 8.89. The van der Waals surface area contributed by atoms with E-state index >= 15 is 0 Å². The first kappa shape index (κ1) is 14.2. The Hall–Kier alpha value is -1.86. The zero-order valence-corrected chi connectivity index (χ0v) is 8.89. The molecule has 1 rings (SSSR count). The molecule has 0 bridgehead atoms. The molecule has 0 spiro atoms. The number of nitrogens with two attached hydrogens (primary N) is 1. The maximum Gasteiger partial charge on any atom is 0.401 e. The van der Waals surface area contributed by atoms with Crippen molar-refractivity contribution < 1.29 is 26.7 Å². The van der Waals surface area contributed by atoms with Crippen molar-refractivity contribution in [3.63, 3.8) is 0 Å². The van der Waals surface area contributed by atoms with Crippen molar-refractivity contribution in [3.8, 4) is 5.75 Å². The van der Waals surface area contributed by atoms with Gasteiger partial charge < -0.3 is 10.5 Å². The van der Waals surface area contributed by atoms with Crippen LogP contribution in [0.2, 0.25) is 0 Å². The SMILES string of the molecule is N=C(N)C(COc1cc(F)ccc1F)C(F)(F)F. The third-order valence-corrected chi connectivity index (χ3v) is 2.07. The quantitative estimate of drug-likeness (QED) is 0.500. The molecule has 18 heavy (non-hydrogen) atoms. The topological polar surface area (TPSA) is 59.1 Å². The Morgan fingerprint density at radius 1 is 1.33 bits per heavy atom. The summed E-state index contributed by atoms with van der Waals surface area (Å²) >= 11 is 0. The van der Waals surface area contributed by atoms with Crippen LogP contribution >= 0.6 is 0 Å². The van der Waals surface area contributed by atoms with E-state index in [4.69, 9.17) is 11.1 Å². The van der Waals surface area contributed by atoms with Gasteiger partial charge >= 0.3 is 6.18 Å². The van der Waals surface area contributed by atoms with Crippen LogP contribution in [0, 0.1) is 23.0 Å². The molecule has 0 aliphatic rings. The Bertz CT molecular complexity index is 446. The molecule has 0 aliphatic heterocycles. The van der Waals surface area contributed by atoms with Crippen molar-refractivity contribution in [1.29, 1.82) is 5.41 Å². The van der Waals surface area contributed by atoms with Crippen LogP contribution in [-0.4, -0.2) is 18.6 Å². The summed E-state index contributed by atoms with van der Waals surface area (Å²) in [7, 11) is 0. The van der Waals surface area contributed by atoms with Crippen LogP contribution in [0.5, 0.6) is 5.75 Å². The molecule has 0 amide bonds. The average molecular weight is 268 g/mol. The molecule has 0 saturated carbocycles. The number of hydrogen-bond acceptors (Lipinski definition) is 2. The summed E-state index contributed by atoms with van der Waals surface area (Å²) in [6.45, 7) is -1.08. The summed E-state index contributed by atoms with van der Waals surface area (Å²) in [6, 6.07) is 2.14. The first-order valence-electron chi connectivity index (χ1n) is 4.70. The molecule has 1 aromatic rings. The predicted molar refractivity (Wildman–Crippen MR) is 53.3 cm³/mol. The van der Waals surface area contributed by atoms with Crippen LogP contribution < -0.4 is 10.5 Å². The molecular formula is C10H9F5N2O. The van der Waals surface area contributed by atoms with Gasteiger partial charge in [0.1, 0.15) is 24.2 Å².